The van der Waals surface area contributed by atoms with E-state index in [1.54, 1.807) is 12.1 Å². The average Bonchev–Trinajstić information content (AvgIpc) is 2.71. The van der Waals surface area contributed by atoms with Crippen LogP contribution in [0.5, 0.6) is 5.75 Å². The third kappa shape index (κ3) is 7.49. The summed E-state index contributed by atoms with van der Waals surface area (Å²) in [6, 6.07) is 15.3. The summed E-state index contributed by atoms with van der Waals surface area (Å²) in [5.74, 6) is 0.208. The van der Waals surface area contributed by atoms with E-state index in [4.69, 9.17) is 4.74 Å². The van der Waals surface area contributed by atoms with Crippen molar-refractivity contribution in [2.24, 2.45) is 0 Å². The molecule has 0 bridgehead atoms. The van der Waals surface area contributed by atoms with Crippen molar-refractivity contribution in [3.05, 3.63) is 60.2 Å². The van der Waals surface area contributed by atoms with Gasteiger partial charge in [0.05, 0.1) is 18.0 Å². The molecular weight excluding hydrogens is 390 g/mol. The molecule has 2 rings (SSSR count). The molecule has 29 heavy (non-hydrogen) atoms. The zero-order valence-electron chi connectivity index (χ0n) is 17.1. The summed E-state index contributed by atoms with van der Waals surface area (Å²) >= 11 is 0. The molecule has 0 fully saturated rings. The second-order valence-corrected chi connectivity index (χ2v) is 8.60. The quantitative estimate of drug-likeness (QED) is 0.544. The van der Waals surface area contributed by atoms with Gasteiger partial charge in [-0.2, -0.15) is 4.72 Å². The molecule has 158 valence electrons. The molecule has 0 aliphatic heterocycles. The predicted octanol–water partition coefficient (Wildman–Crippen LogP) is 2.00. The number of methoxy groups -OCH3 is 1. The third-order valence-electron chi connectivity index (χ3n) is 4.41. The van der Waals surface area contributed by atoms with E-state index < -0.39 is 16.1 Å². The van der Waals surface area contributed by atoms with Gasteiger partial charge in [-0.15, -0.1) is 0 Å². The Morgan fingerprint density at radius 3 is 2.38 bits per heavy atom. The number of nitrogens with one attached hydrogen (secondary N) is 2. The SMILES string of the molecule is COc1ccc(S(=O)(=O)N[C@@H](C)C(=O)NCCCN(C)Cc2ccccc2)cc1. The summed E-state index contributed by atoms with van der Waals surface area (Å²) in [7, 11) is -0.247. The molecule has 1 atom stereocenters. The lowest BCUT2D eigenvalue weighted by atomic mass is 10.2. The summed E-state index contributed by atoms with van der Waals surface area (Å²) in [4.78, 5) is 14.5. The number of carbonyl (C=O) groups is 1. The average molecular weight is 420 g/mol. The highest BCUT2D eigenvalue weighted by molar-refractivity contribution is 7.89. The fourth-order valence-corrected chi connectivity index (χ4v) is 4.00. The van der Waals surface area contributed by atoms with E-state index in [2.05, 4.69) is 27.1 Å². The lowest BCUT2D eigenvalue weighted by Gasteiger charge is -2.18. The van der Waals surface area contributed by atoms with Crippen molar-refractivity contribution in [2.45, 2.75) is 30.8 Å². The highest BCUT2D eigenvalue weighted by Gasteiger charge is 2.21. The number of carbonyl (C=O) groups excluding carboxylic acids is 1. The van der Waals surface area contributed by atoms with Crippen molar-refractivity contribution < 1.29 is 17.9 Å². The van der Waals surface area contributed by atoms with Crippen LogP contribution < -0.4 is 14.8 Å². The van der Waals surface area contributed by atoms with E-state index in [-0.39, 0.29) is 10.8 Å². The molecule has 8 heteroatoms. The molecule has 2 N–H and O–H groups in total. The maximum absolute atomic E-state index is 12.4. The van der Waals surface area contributed by atoms with Gasteiger partial charge in [-0.25, -0.2) is 8.42 Å². The van der Waals surface area contributed by atoms with Gasteiger partial charge in [0.1, 0.15) is 5.75 Å². The van der Waals surface area contributed by atoms with Crippen LogP contribution in [0.25, 0.3) is 0 Å². The zero-order chi connectivity index (χ0) is 21.3. The van der Waals surface area contributed by atoms with Crippen molar-refractivity contribution in [3.8, 4) is 5.75 Å². The molecule has 0 radical (unpaired) electrons. The van der Waals surface area contributed by atoms with Gasteiger partial charge >= 0.3 is 0 Å². The maximum atomic E-state index is 12.4. The van der Waals surface area contributed by atoms with Crippen LogP contribution in [0, 0.1) is 0 Å². The number of benzene rings is 2. The summed E-state index contributed by atoms with van der Waals surface area (Å²) in [6.07, 6.45) is 0.771. The summed E-state index contributed by atoms with van der Waals surface area (Å²) in [5.41, 5.74) is 1.24. The second-order valence-electron chi connectivity index (χ2n) is 6.89. The lowest BCUT2D eigenvalue weighted by Crippen LogP contribution is -2.45. The number of rotatable bonds is 11. The third-order valence-corrected chi connectivity index (χ3v) is 5.96. The molecule has 0 unspecified atom stereocenters. The molecule has 0 saturated carbocycles. The fraction of sp³-hybridized carbons (Fsp3) is 0.381. The molecule has 7 nitrogen and oxygen atoms in total. The largest absolute Gasteiger partial charge is 0.497 e. The summed E-state index contributed by atoms with van der Waals surface area (Å²) < 4.78 is 32.2. The maximum Gasteiger partial charge on any atom is 0.241 e. The molecule has 0 aromatic heterocycles. The predicted molar refractivity (Wildman–Crippen MR) is 113 cm³/mol. The van der Waals surface area contributed by atoms with E-state index >= 15 is 0 Å². The molecule has 2 aromatic carbocycles. The van der Waals surface area contributed by atoms with Crippen LogP contribution in [0.1, 0.15) is 18.9 Å². The first kappa shape index (κ1) is 22.9. The van der Waals surface area contributed by atoms with Crippen LogP contribution in [0.2, 0.25) is 0 Å². The Balaban J connectivity index is 1.73. The molecule has 0 saturated heterocycles. The molecule has 0 aliphatic rings. The van der Waals surface area contributed by atoms with Crippen LogP contribution in [-0.2, 0) is 21.4 Å². The standard InChI is InChI=1S/C21H29N3O4S/c1-17(23-29(26,27)20-12-10-19(28-3)11-13-20)21(25)22-14-7-15-24(2)16-18-8-5-4-6-9-18/h4-6,8-13,17,23H,7,14-16H2,1-3H3,(H,22,25)/t17-/m0/s1. The molecular formula is C21H29N3O4S. The van der Waals surface area contributed by atoms with Crippen LogP contribution in [0.3, 0.4) is 0 Å². The minimum absolute atomic E-state index is 0.0838. The van der Waals surface area contributed by atoms with Gasteiger partial charge < -0.3 is 15.0 Å². The van der Waals surface area contributed by atoms with Crippen molar-refractivity contribution in [1.29, 1.82) is 0 Å². The minimum atomic E-state index is -3.78. The van der Waals surface area contributed by atoms with E-state index in [1.807, 2.05) is 25.2 Å². The van der Waals surface area contributed by atoms with Gasteiger partial charge in [-0.3, -0.25) is 4.79 Å². The highest BCUT2D eigenvalue weighted by atomic mass is 32.2. The Bertz CT molecular complexity index is 871. The Morgan fingerprint density at radius 2 is 1.76 bits per heavy atom. The van der Waals surface area contributed by atoms with E-state index in [0.717, 1.165) is 19.5 Å². The van der Waals surface area contributed by atoms with E-state index in [1.165, 1.54) is 31.7 Å². The Hall–Kier alpha value is -2.42. The van der Waals surface area contributed by atoms with Crippen molar-refractivity contribution in [3.63, 3.8) is 0 Å². The molecule has 0 heterocycles. The van der Waals surface area contributed by atoms with Crippen LogP contribution in [0.4, 0.5) is 0 Å². The highest BCUT2D eigenvalue weighted by Crippen LogP contribution is 2.15. The first-order chi connectivity index (χ1) is 13.8. The number of sulfonamides is 1. The van der Waals surface area contributed by atoms with E-state index in [0.29, 0.717) is 12.3 Å². The number of amides is 1. The smallest absolute Gasteiger partial charge is 0.241 e. The number of ether oxygens (including phenoxy) is 1. The Morgan fingerprint density at radius 1 is 1.10 bits per heavy atom. The number of hydrogen-bond acceptors (Lipinski definition) is 5. The van der Waals surface area contributed by atoms with Crippen LogP contribution in [-0.4, -0.2) is 52.5 Å². The van der Waals surface area contributed by atoms with Crippen LogP contribution in [0.15, 0.2) is 59.5 Å². The van der Waals surface area contributed by atoms with Gasteiger partial charge in [0.15, 0.2) is 0 Å². The van der Waals surface area contributed by atoms with Gasteiger partial charge in [0.25, 0.3) is 0 Å². The van der Waals surface area contributed by atoms with Gasteiger partial charge in [-0.05, 0) is 56.8 Å². The van der Waals surface area contributed by atoms with Crippen molar-refractivity contribution in [1.82, 2.24) is 14.9 Å². The van der Waals surface area contributed by atoms with Gasteiger partial charge in [0, 0.05) is 13.1 Å². The van der Waals surface area contributed by atoms with Crippen molar-refractivity contribution >= 4 is 15.9 Å². The van der Waals surface area contributed by atoms with Gasteiger partial charge in [0.2, 0.25) is 15.9 Å². The zero-order valence-corrected chi connectivity index (χ0v) is 17.9. The summed E-state index contributed by atoms with van der Waals surface area (Å²) in [6.45, 7) is 3.67. The Labute approximate surface area is 173 Å². The topological polar surface area (TPSA) is 87.7 Å². The molecule has 2 aromatic rings. The molecule has 0 spiro atoms. The number of hydrogen-bond donors (Lipinski definition) is 2. The Kier molecular flexibility index (Phi) is 8.63. The minimum Gasteiger partial charge on any atom is -0.497 e. The second kappa shape index (κ2) is 10.9. The molecule has 1 amide bonds. The van der Waals surface area contributed by atoms with E-state index in [9.17, 15) is 13.2 Å². The lowest BCUT2D eigenvalue weighted by molar-refractivity contribution is -0.122. The monoisotopic (exact) mass is 419 g/mol. The first-order valence-electron chi connectivity index (χ1n) is 9.48. The normalized spacial score (nSPS) is 12.6. The van der Waals surface area contributed by atoms with Crippen molar-refractivity contribution in [2.75, 3.05) is 27.2 Å². The first-order valence-corrected chi connectivity index (χ1v) is 11.0. The van der Waals surface area contributed by atoms with Crippen LogP contribution >= 0.6 is 0 Å². The fourth-order valence-electron chi connectivity index (χ4n) is 2.80. The number of nitrogens with zero attached hydrogens (tertiary/aromatic N) is 1. The van der Waals surface area contributed by atoms with Gasteiger partial charge in [-0.1, -0.05) is 30.3 Å². The summed E-state index contributed by atoms with van der Waals surface area (Å²) in [5, 5.41) is 2.78. The molecule has 0 aliphatic carbocycles.